The molecular weight excluding hydrogens is 263 g/mol. The number of nitriles is 2. The Morgan fingerprint density at radius 1 is 1.50 bits per heavy atom. The van der Waals surface area contributed by atoms with Gasteiger partial charge in [-0.25, -0.2) is 4.39 Å². The van der Waals surface area contributed by atoms with E-state index in [-0.39, 0.29) is 16.3 Å². The molecule has 0 fully saturated rings. The number of anilines is 1. The van der Waals surface area contributed by atoms with Crippen LogP contribution >= 0.6 is 11.6 Å². The van der Waals surface area contributed by atoms with Gasteiger partial charge in [-0.3, -0.25) is 10.1 Å². The van der Waals surface area contributed by atoms with Gasteiger partial charge < -0.3 is 5.32 Å². The SMILES string of the molecule is N#CC(C#N)=CNc1c(F)cc([N+](=O)[O-])cc1Cl. The van der Waals surface area contributed by atoms with E-state index in [1.165, 1.54) is 0 Å². The van der Waals surface area contributed by atoms with Crippen molar-refractivity contribution in [1.82, 2.24) is 0 Å². The summed E-state index contributed by atoms with van der Waals surface area (Å²) >= 11 is 5.65. The molecule has 0 atom stereocenters. The number of nitro groups is 1. The Labute approximate surface area is 106 Å². The summed E-state index contributed by atoms with van der Waals surface area (Å²) in [5.41, 5.74) is -1.03. The first kappa shape index (κ1) is 13.4. The lowest BCUT2D eigenvalue weighted by Gasteiger charge is -2.05. The molecule has 0 aliphatic carbocycles. The highest BCUT2D eigenvalue weighted by Crippen LogP contribution is 2.30. The van der Waals surface area contributed by atoms with Crippen molar-refractivity contribution in [1.29, 1.82) is 10.5 Å². The summed E-state index contributed by atoms with van der Waals surface area (Å²) in [6.45, 7) is 0. The lowest BCUT2D eigenvalue weighted by Crippen LogP contribution is -1.97. The summed E-state index contributed by atoms with van der Waals surface area (Å²) in [4.78, 5) is 9.65. The highest BCUT2D eigenvalue weighted by atomic mass is 35.5. The molecular formula is C10H4ClFN4O2. The van der Waals surface area contributed by atoms with Gasteiger partial charge in [0, 0.05) is 12.3 Å². The molecule has 1 aromatic rings. The first-order valence-electron chi connectivity index (χ1n) is 4.40. The fourth-order valence-electron chi connectivity index (χ4n) is 1.04. The average molecular weight is 267 g/mol. The number of hydrogen-bond acceptors (Lipinski definition) is 5. The maximum atomic E-state index is 13.5. The van der Waals surface area contributed by atoms with Crippen molar-refractivity contribution in [2.24, 2.45) is 0 Å². The Kier molecular flexibility index (Phi) is 4.19. The van der Waals surface area contributed by atoms with Gasteiger partial charge in [0.2, 0.25) is 0 Å². The number of hydrogen-bond donors (Lipinski definition) is 1. The number of allylic oxidation sites excluding steroid dienone is 1. The maximum Gasteiger partial charge on any atom is 0.274 e. The van der Waals surface area contributed by atoms with E-state index in [1.807, 2.05) is 0 Å². The molecule has 0 spiro atoms. The predicted molar refractivity (Wildman–Crippen MR) is 61.0 cm³/mol. The summed E-state index contributed by atoms with van der Waals surface area (Å²) in [5.74, 6) is -0.958. The zero-order chi connectivity index (χ0) is 13.7. The van der Waals surface area contributed by atoms with Crippen LogP contribution in [0.15, 0.2) is 23.9 Å². The third kappa shape index (κ3) is 2.94. The standard InChI is InChI=1S/C10H4ClFN4O2/c11-8-1-7(16(17)18)2-9(12)10(8)15-5-6(3-13)4-14/h1-2,5,15H. The van der Waals surface area contributed by atoms with Gasteiger partial charge >= 0.3 is 0 Å². The molecule has 0 aliphatic rings. The number of halogens is 2. The molecule has 0 amide bonds. The van der Waals surface area contributed by atoms with Crippen LogP contribution in [-0.2, 0) is 0 Å². The second-order valence-corrected chi connectivity index (χ2v) is 3.37. The number of nitrogens with zero attached hydrogens (tertiary/aromatic N) is 3. The lowest BCUT2D eigenvalue weighted by molar-refractivity contribution is -0.385. The van der Waals surface area contributed by atoms with Crippen molar-refractivity contribution in [3.05, 3.63) is 44.9 Å². The summed E-state index contributed by atoms with van der Waals surface area (Å²) in [6, 6.07) is 4.75. The molecule has 0 saturated heterocycles. The molecule has 1 N–H and O–H groups in total. The van der Waals surface area contributed by atoms with Gasteiger partial charge in [0.1, 0.15) is 17.7 Å². The Balaban J connectivity index is 3.14. The van der Waals surface area contributed by atoms with Crippen LogP contribution in [0.2, 0.25) is 5.02 Å². The molecule has 1 aromatic carbocycles. The first-order valence-corrected chi connectivity index (χ1v) is 4.77. The Bertz CT molecular complexity index is 576. The minimum Gasteiger partial charge on any atom is -0.356 e. The summed E-state index contributed by atoms with van der Waals surface area (Å²) in [7, 11) is 0. The molecule has 0 bridgehead atoms. The Morgan fingerprint density at radius 2 is 2.11 bits per heavy atom. The van der Waals surface area contributed by atoms with E-state index in [2.05, 4.69) is 5.32 Å². The first-order chi connectivity index (χ1) is 8.49. The molecule has 6 nitrogen and oxygen atoms in total. The summed E-state index contributed by atoms with van der Waals surface area (Å²) < 4.78 is 13.5. The van der Waals surface area contributed by atoms with Crippen LogP contribution in [0, 0.1) is 38.6 Å². The van der Waals surface area contributed by atoms with E-state index in [9.17, 15) is 14.5 Å². The average Bonchev–Trinajstić information content (AvgIpc) is 2.32. The van der Waals surface area contributed by atoms with Gasteiger partial charge in [0.15, 0.2) is 5.82 Å². The van der Waals surface area contributed by atoms with Gasteiger partial charge in [-0.2, -0.15) is 10.5 Å². The molecule has 0 radical (unpaired) electrons. The fraction of sp³-hybridized carbons (Fsp3) is 0. The highest BCUT2D eigenvalue weighted by Gasteiger charge is 2.15. The summed E-state index contributed by atoms with van der Waals surface area (Å²) in [6.07, 6.45) is 0.954. The molecule has 1 rings (SSSR count). The van der Waals surface area contributed by atoms with Crippen LogP contribution in [0.5, 0.6) is 0 Å². The third-order valence-corrected chi connectivity index (χ3v) is 2.14. The van der Waals surface area contributed by atoms with Crippen LogP contribution in [-0.4, -0.2) is 4.92 Å². The topological polar surface area (TPSA) is 103 Å². The van der Waals surface area contributed by atoms with E-state index >= 15 is 0 Å². The molecule has 18 heavy (non-hydrogen) atoms. The number of non-ortho nitro benzene ring substituents is 1. The van der Waals surface area contributed by atoms with E-state index in [0.717, 1.165) is 12.3 Å². The maximum absolute atomic E-state index is 13.5. The third-order valence-electron chi connectivity index (χ3n) is 1.84. The number of nitrogens with one attached hydrogen (secondary N) is 1. The Morgan fingerprint density at radius 3 is 2.56 bits per heavy atom. The molecule has 8 heteroatoms. The van der Waals surface area contributed by atoms with E-state index in [1.54, 1.807) is 12.1 Å². The number of benzene rings is 1. The highest BCUT2D eigenvalue weighted by molar-refractivity contribution is 6.33. The van der Waals surface area contributed by atoms with E-state index in [0.29, 0.717) is 6.07 Å². The normalized spacial score (nSPS) is 8.89. The minimum atomic E-state index is -0.958. The van der Waals surface area contributed by atoms with Crippen LogP contribution in [0.1, 0.15) is 0 Å². The van der Waals surface area contributed by atoms with Crippen molar-refractivity contribution in [2.45, 2.75) is 0 Å². The Hall–Kier alpha value is -2.64. The second-order valence-electron chi connectivity index (χ2n) is 2.97. The molecule has 0 aromatic heterocycles. The van der Waals surface area contributed by atoms with E-state index in [4.69, 9.17) is 22.1 Å². The van der Waals surface area contributed by atoms with Gasteiger partial charge in [-0.05, 0) is 0 Å². The molecule has 0 heterocycles. The van der Waals surface area contributed by atoms with Crippen LogP contribution in [0.3, 0.4) is 0 Å². The fourth-order valence-corrected chi connectivity index (χ4v) is 1.29. The quantitative estimate of drug-likeness (QED) is 0.515. The predicted octanol–water partition coefficient (Wildman–Crippen LogP) is 2.73. The smallest absolute Gasteiger partial charge is 0.274 e. The molecule has 0 saturated carbocycles. The van der Waals surface area contributed by atoms with E-state index < -0.39 is 16.4 Å². The lowest BCUT2D eigenvalue weighted by atomic mass is 10.2. The van der Waals surface area contributed by atoms with Crippen molar-refractivity contribution in [2.75, 3.05) is 5.32 Å². The monoisotopic (exact) mass is 266 g/mol. The molecule has 90 valence electrons. The minimum absolute atomic E-state index is 0.229. The van der Waals surface area contributed by atoms with Gasteiger partial charge in [0.25, 0.3) is 5.69 Å². The van der Waals surface area contributed by atoms with Gasteiger partial charge in [-0.1, -0.05) is 11.6 Å². The number of nitro benzene ring substituents is 1. The number of rotatable bonds is 3. The van der Waals surface area contributed by atoms with Crippen LogP contribution in [0.25, 0.3) is 0 Å². The van der Waals surface area contributed by atoms with Crippen LogP contribution in [0.4, 0.5) is 15.8 Å². The van der Waals surface area contributed by atoms with Gasteiger partial charge in [-0.15, -0.1) is 0 Å². The van der Waals surface area contributed by atoms with Gasteiger partial charge in [0.05, 0.1) is 21.7 Å². The zero-order valence-corrected chi connectivity index (χ0v) is 9.40. The largest absolute Gasteiger partial charge is 0.356 e. The zero-order valence-electron chi connectivity index (χ0n) is 8.65. The van der Waals surface area contributed by atoms with Crippen LogP contribution < -0.4 is 5.32 Å². The molecule has 0 aliphatic heterocycles. The molecule has 0 unspecified atom stereocenters. The van der Waals surface area contributed by atoms with Crippen molar-refractivity contribution in [3.8, 4) is 12.1 Å². The summed E-state index contributed by atoms with van der Waals surface area (Å²) in [5, 5.41) is 29.4. The van der Waals surface area contributed by atoms with Crippen molar-refractivity contribution >= 4 is 23.0 Å². The second kappa shape index (κ2) is 5.62. The van der Waals surface area contributed by atoms with Crippen molar-refractivity contribution in [3.63, 3.8) is 0 Å². The van der Waals surface area contributed by atoms with Crippen molar-refractivity contribution < 1.29 is 9.31 Å².